The third kappa shape index (κ3) is 6.36. The molecule has 0 saturated heterocycles. The quantitative estimate of drug-likeness (QED) is 0.483. The van der Waals surface area contributed by atoms with Gasteiger partial charge in [-0.3, -0.25) is 9.36 Å². The highest BCUT2D eigenvalue weighted by atomic mass is 31.2. The fourth-order valence-electron chi connectivity index (χ4n) is 2.46. The molecule has 1 aromatic rings. The average Bonchev–Trinajstić information content (AvgIpc) is 2.55. The SMILES string of the molecule is CCOC(=O)[C@@H](N)C[C@@H](Cc1ccccc1)P(=O)(OCC)OCC. The van der Waals surface area contributed by atoms with Crippen LogP contribution in [-0.4, -0.2) is 37.5 Å². The molecule has 0 amide bonds. The van der Waals surface area contributed by atoms with E-state index in [0.29, 0.717) is 6.42 Å². The van der Waals surface area contributed by atoms with E-state index in [1.807, 2.05) is 30.3 Å². The third-order valence-electron chi connectivity index (χ3n) is 3.49. The van der Waals surface area contributed by atoms with Crippen LogP contribution in [-0.2, 0) is 29.6 Å². The summed E-state index contributed by atoms with van der Waals surface area (Å²) in [6, 6.07) is 8.73. The topological polar surface area (TPSA) is 87.9 Å². The van der Waals surface area contributed by atoms with Crippen molar-refractivity contribution in [1.82, 2.24) is 0 Å². The van der Waals surface area contributed by atoms with Crippen LogP contribution in [0.2, 0.25) is 0 Å². The minimum atomic E-state index is -3.40. The zero-order valence-corrected chi connectivity index (χ0v) is 15.5. The number of carbonyl (C=O) groups excluding carboxylic acids is 1. The van der Waals surface area contributed by atoms with Crippen molar-refractivity contribution in [3.63, 3.8) is 0 Å². The Bertz CT molecular complexity index is 527. The molecular weight excluding hydrogens is 329 g/mol. The maximum atomic E-state index is 13.2. The van der Waals surface area contributed by atoms with Crippen molar-refractivity contribution in [2.75, 3.05) is 19.8 Å². The Morgan fingerprint density at radius 2 is 1.67 bits per heavy atom. The van der Waals surface area contributed by atoms with E-state index in [2.05, 4.69) is 0 Å². The average molecular weight is 357 g/mol. The highest BCUT2D eigenvalue weighted by Crippen LogP contribution is 2.55. The number of rotatable bonds is 11. The highest BCUT2D eigenvalue weighted by molar-refractivity contribution is 7.54. The molecule has 0 aliphatic rings. The Hall–Kier alpha value is -1.20. The van der Waals surface area contributed by atoms with Crippen LogP contribution in [0.3, 0.4) is 0 Å². The lowest BCUT2D eigenvalue weighted by Crippen LogP contribution is -2.36. The van der Waals surface area contributed by atoms with E-state index >= 15 is 0 Å². The zero-order chi connectivity index (χ0) is 18.0. The van der Waals surface area contributed by atoms with E-state index in [1.54, 1.807) is 20.8 Å². The minimum absolute atomic E-state index is 0.172. The number of benzene rings is 1. The van der Waals surface area contributed by atoms with Crippen molar-refractivity contribution < 1.29 is 23.1 Å². The second kappa shape index (κ2) is 10.6. The molecule has 2 N–H and O–H groups in total. The number of esters is 1. The Morgan fingerprint density at radius 3 is 2.17 bits per heavy atom. The Kier molecular flexibility index (Phi) is 9.22. The molecule has 0 aromatic heterocycles. The van der Waals surface area contributed by atoms with Gasteiger partial charge in [-0.2, -0.15) is 0 Å². The molecule has 1 aromatic carbocycles. The van der Waals surface area contributed by atoms with Gasteiger partial charge in [0.2, 0.25) is 0 Å². The van der Waals surface area contributed by atoms with E-state index in [-0.39, 0.29) is 26.2 Å². The van der Waals surface area contributed by atoms with E-state index in [1.165, 1.54) is 0 Å². The van der Waals surface area contributed by atoms with E-state index in [0.717, 1.165) is 5.56 Å². The van der Waals surface area contributed by atoms with Crippen LogP contribution in [0.5, 0.6) is 0 Å². The molecule has 0 radical (unpaired) electrons. The van der Waals surface area contributed by atoms with Crippen LogP contribution in [0.15, 0.2) is 30.3 Å². The summed E-state index contributed by atoms with van der Waals surface area (Å²) in [6.45, 7) is 6.02. The van der Waals surface area contributed by atoms with Crippen LogP contribution >= 0.6 is 7.60 Å². The van der Waals surface area contributed by atoms with Crippen molar-refractivity contribution in [1.29, 1.82) is 0 Å². The summed E-state index contributed by atoms with van der Waals surface area (Å²) in [5, 5.41) is 0. The second-order valence-electron chi connectivity index (χ2n) is 5.31. The molecule has 6 nitrogen and oxygen atoms in total. The fraction of sp³-hybridized carbons (Fsp3) is 0.588. The van der Waals surface area contributed by atoms with Crippen LogP contribution in [0.25, 0.3) is 0 Å². The lowest BCUT2D eigenvalue weighted by molar-refractivity contribution is -0.144. The van der Waals surface area contributed by atoms with Gasteiger partial charge >= 0.3 is 13.6 Å². The minimum Gasteiger partial charge on any atom is -0.465 e. The molecular formula is C17H28NO5P. The summed E-state index contributed by atoms with van der Waals surface area (Å²) in [6.07, 6.45) is 0.621. The number of ether oxygens (including phenoxy) is 1. The summed E-state index contributed by atoms with van der Waals surface area (Å²) >= 11 is 0. The summed E-state index contributed by atoms with van der Waals surface area (Å²) in [4.78, 5) is 11.9. The standard InChI is InChI=1S/C17H28NO5P/c1-4-21-17(19)16(18)13-15(12-14-10-8-7-9-11-14)24(20,22-5-2)23-6-3/h7-11,15-16H,4-6,12-13,18H2,1-3H3/t15-,16+/m1/s1. The lowest BCUT2D eigenvalue weighted by Gasteiger charge is -2.28. The van der Waals surface area contributed by atoms with Crippen LogP contribution < -0.4 is 5.73 Å². The molecule has 0 aliphatic heterocycles. The Balaban J connectivity index is 3.01. The number of carbonyl (C=O) groups is 1. The predicted octanol–water partition coefficient (Wildman–Crippen LogP) is 3.14. The first kappa shape index (κ1) is 20.8. The number of nitrogens with two attached hydrogens (primary N) is 1. The summed E-state index contributed by atoms with van der Waals surface area (Å²) < 4.78 is 29.1. The molecule has 0 heterocycles. The lowest BCUT2D eigenvalue weighted by atomic mass is 10.0. The molecule has 0 bridgehead atoms. The molecule has 0 saturated carbocycles. The van der Waals surface area contributed by atoms with Gasteiger partial charge in [0, 0.05) is 0 Å². The van der Waals surface area contributed by atoms with Gasteiger partial charge < -0.3 is 19.5 Å². The molecule has 1 rings (SSSR count). The van der Waals surface area contributed by atoms with Gasteiger partial charge in [-0.05, 0) is 39.2 Å². The van der Waals surface area contributed by atoms with Crippen molar-refractivity contribution in [3.05, 3.63) is 35.9 Å². The third-order valence-corrected chi connectivity index (χ3v) is 6.02. The number of hydrogen-bond donors (Lipinski definition) is 1. The fourth-order valence-corrected chi connectivity index (χ4v) is 4.59. The van der Waals surface area contributed by atoms with Gasteiger partial charge in [0.1, 0.15) is 6.04 Å². The first-order valence-corrected chi connectivity index (χ1v) is 9.92. The van der Waals surface area contributed by atoms with Gasteiger partial charge in [-0.25, -0.2) is 0 Å². The monoisotopic (exact) mass is 357 g/mol. The molecule has 2 atom stereocenters. The van der Waals surface area contributed by atoms with Crippen molar-refractivity contribution in [2.45, 2.75) is 45.3 Å². The Morgan fingerprint density at radius 1 is 1.08 bits per heavy atom. The highest BCUT2D eigenvalue weighted by Gasteiger charge is 2.38. The van der Waals surface area contributed by atoms with Crippen molar-refractivity contribution >= 4 is 13.6 Å². The van der Waals surface area contributed by atoms with Gasteiger partial charge in [-0.1, -0.05) is 30.3 Å². The zero-order valence-electron chi connectivity index (χ0n) is 14.6. The summed E-state index contributed by atoms with van der Waals surface area (Å²) in [7, 11) is -3.40. The van der Waals surface area contributed by atoms with Crippen LogP contribution in [0.1, 0.15) is 32.8 Å². The summed E-state index contributed by atoms with van der Waals surface area (Å²) in [5.41, 5.74) is 6.41. The largest absolute Gasteiger partial charge is 0.465 e. The molecule has 7 heteroatoms. The van der Waals surface area contributed by atoms with Gasteiger partial charge in [0.25, 0.3) is 0 Å². The molecule has 0 aliphatic carbocycles. The van der Waals surface area contributed by atoms with Gasteiger partial charge in [0.05, 0.1) is 25.5 Å². The van der Waals surface area contributed by atoms with Gasteiger partial charge in [0.15, 0.2) is 0 Å². The summed E-state index contributed by atoms with van der Waals surface area (Å²) in [5.74, 6) is -0.505. The normalized spacial score (nSPS) is 14.2. The van der Waals surface area contributed by atoms with Crippen LogP contribution in [0.4, 0.5) is 0 Å². The first-order chi connectivity index (χ1) is 11.5. The van der Waals surface area contributed by atoms with Crippen molar-refractivity contribution in [3.8, 4) is 0 Å². The number of hydrogen-bond acceptors (Lipinski definition) is 6. The maximum absolute atomic E-state index is 13.2. The Labute approximate surface area is 144 Å². The van der Waals surface area contributed by atoms with Crippen LogP contribution in [0, 0.1) is 0 Å². The smallest absolute Gasteiger partial charge is 0.334 e. The van der Waals surface area contributed by atoms with E-state index in [4.69, 9.17) is 19.5 Å². The van der Waals surface area contributed by atoms with E-state index < -0.39 is 25.3 Å². The van der Waals surface area contributed by atoms with Crippen molar-refractivity contribution in [2.24, 2.45) is 5.73 Å². The van der Waals surface area contributed by atoms with E-state index in [9.17, 15) is 9.36 Å². The predicted molar refractivity (Wildman–Crippen MR) is 94.0 cm³/mol. The first-order valence-electron chi connectivity index (χ1n) is 8.31. The second-order valence-corrected chi connectivity index (χ2v) is 7.64. The maximum Gasteiger partial charge on any atom is 0.334 e. The molecule has 136 valence electrons. The van der Waals surface area contributed by atoms with Gasteiger partial charge in [-0.15, -0.1) is 0 Å². The molecule has 0 spiro atoms. The molecule has 24 heavy (non-hydrogen) atoms. The molecule has 0 fully saturated rings. The molecule has 0 unspecified atom stereocenters.